The average molecular weight is 98.1 g/mol. The molecule has 1 heterocycles. The molecule has 2 N–H and O–H groups in total. The fourth-order valence-corrected chi connectivity index (χ4v) is 0.330. The Hall–Kier alpha value is -0.900. The molecule has 38 valence electrons. The third kappa shape index (κ3) is 0.747. The molecule has 0 aromatic carbocycles. The van der Waals surface area contributed by atoms with Crippen LogP contribution in [0.25, 0.3) is 0 Å². The van der Waals surface area contributed by atoms with E-state index in [-0.39, 0.29) is 0 Å². The summed E-state index contributed by atoms with van der Waals surface area (Å²) >= 11 is 0. The molecule has 0 spiro atoms. The molecular weight excluding hydrogens is 92.1 g/mol. The van der Waals surface area contributed by atoms with Gasteiger partial charge in [0.25, 0.3) is 0 Å². The Morgan fingerprint density at radius 2 is 2.57 bits per heavy atom. The molecule has 0 bridgehead atoms. The molecule has 4 heteroatoms. The second-order valence-corrected chi connectivity index (χ2v) is 1.13. The van der Waals surface area contributed by atoms with Gasteiger partial charge in [-0.25, -0.2) is 4.68 Å². The first-order valence-electron chi connectivity index (χ1n) is 1.97. The second kappa shape index (κ2) is 1.70. The molecule has 0 radical (unpaired) electrons. The van der Waals surface area contributed by atoms with Gasteiger partial charge in [-0.3, -0.25) is 0 Å². The van der Waals surface area contributed by atoms with Crippen molar-refractivity contribution in [2.75, 3.05) is 0 Å². The van der Waals surface area contributed by atoms with E-state index >= 15 is 0 Å². The van der Waals surface area contributed by atoms with Gasteiger partial charge in [0.2, 0.25) is 0 Å². The van der Waals surface area contributed by atoms with Crippen LogP contribution in [-0.4, -0.2) is 15.0 Å². The lowest BCUT2D eigenvalue weighted by Crippen LogP contribution is -2.06. The molecule has 0 amide bonds. The molecule has 0 saturated heterocycles. The first-order chi connectivity index (χ1) is 3.43. The van der Waals surface area contributed by atoms with E-state index in [2.05, 4.69) is 10.3 Å². The van der Waals surface area contributed by atoms with Gasteiger partial charge < -0.3 is 5.73 Å². The maximum absolute atomic E-state index is 5.15. The highest BCUT2D eigenvalue weighted by Gasteiger charge is 1.78. The maximum Gasteiger partial charge on any atom is 0.0896 e. The molecular formula is C3H6N4. The van der Waals surface area contributed by atoms with Crippen molar-refractivity contribution in [1.82, 2.24) is 15.0 Å². The summed E-state index contributed by atoms with van der Waals surface area (Å²) in [5.74, 6) is 0. The van der Waals surface area contributed by atoms with Gasteiger partial charge in [-0.05, 0) is 0 Å². The van der Waals surface area contributed by atoms with E-state index < -0.39 is 0 Å². The molecule has 4 nitrogen and oxygen atoms in total. The minimum atomic E-state index is 0.403. The van der Waals surface area contributed by atoms with Crippen LogP contribution >= 0.6 is 0 Å². The summed E-state index contributed by atoms with van der Waals surface area (Å²) in [6, 6.07) is 0. The minimum absolute atomic E-state index is 0.403. The van der Waals surface area contributed by atoms with Gasteiger partial charge in [-0.1, -0.05) is 5.21 Å². The largest absolute Gasteiger partial charge is 0.312 e. The van der Waals surface area contributed by atoms with Crippen molar-refractivity contribution in [3.8, 4) is 0 Å². The van der Waals surface area contributed by atoms with E-state index in [1.807, 2.05) is 0 Å². The van der Waals surface area contributed by atoms with Gasteiger partial charge in [-0.2, -0.15) is 0 Å². The van der Waals surface area contributed by atoms with Crippen LogP contribution < -0.4 is 5.73 Å². The monoisotopic (exact) mass is 98.1 g/mol. The zero-order chi connectivity index (χ0) is 5.11. The maximum atomic E-state index is 5.15. The van der Waals surface area contributed by atoms with E-state index in [1.165, 1.54) is 0 Å². The van der Waals surface area contributed by atoms with Crippen LogP contribution in [0.5, 0.6) is 0 Å². The normalized spacial score (nSPS) is 9.29. The van der Waals surface area contributed by atoms with Crippen LogP contribution in [0.2, 0.25) is 0 Å². The lowest BCUT2D eigenvalue weighted by Gasteiger charge is -1.85. The second-order valence-electron chi connectivity index (χ2n) is 1.13. The van der Waals surface area contributed by atoms with Gasteiger partial charge in [0, 0.05) is 6.20 Å². The Labute approximate surface area is 40.9 Å². The first kappa shape index (κ1) is 4.26. The van der Waals surface area contributed by atoms with E-state index in [4.69, 9.17) is 5.73 Å². The number of nitrogens with zero attached hydrogens (tertiary/aromatic N) is 3. The molecule has 0 saturated carbocycles. The molecule has 1 aromatic heterocycles. The number of nitrogens with two attached hydrogens (primary N) is 1. The van der Waals surface area contributed by atoms with Crippen LogP contribution in [0.4, 0.5) is 0 Å². The van der Waals surface area contributed by atoms with Gasteiger partial charge in [0.1, 0.15) is 0 Å². The Bertz CT molecular complexity index is 121. The standard InChI is InChI=1S/C3H6N4/c4-3-7-2-1-5-6-7/h1-2H,3-4H2. The lowest BCUT2D eigenvalue weighted by atomic mass is 10.9. The fraction of sp³-hybridized carbons (Fsp3) is 0.333. The summed E-state index contributed by atoms with van der Waals surface area (Å²) in [5, 5.41) is 7.10. The zero-order valence-corrected chi connectivity index (χ0v) is 3.78. The molecule has 0 unspecified atom stereocenters. The smallest absolute Gasteiger partial charge is 0.0896 e. The third-order valence-corrected chi connectivity index (χ3v) is 0.659. The zero-order valence-electron chi connectivity index (χ0n) is 3.78. The van der Waals surface area contributed by atoms with Crippen molar-refractivity contribution < 1.29 is 0 Å². The van der Waals surface area contributed by atoms with Crippen LogP contribution in [0.15, 0.2) is 12.4 Å². The molecule has 0 aliphatic carbocycles. The predicted molar refractivity (Wildman–Crippen MR) is 24.2 cm³/mol. The summed E-state index contributed by atoms with van der Waals surface area (Å²) in [5.41, 5.74) is 5.15. The summed E-state index contributed by atoms with van der Waals surface area (Å²) < 4.78 is 1.54. The molecule has 0 fully saturated rings. The van der Waals surface area contributed by atoms with Gasteiger partial charge in [0.15, 0.2) is 0 Å². The molecule has 7 heavy (non-hydrogen) atoms. The third-order valence-electron chi connectivity index (χ3n) is 0.659. The van der Waals surface area contributed by atoms with Crippen molar-refractivity contribution in [3.63, 3.8) is 0 Å². The van der Waals surface area contributed by atoms with Gasteiger partial charge in [0.05, 0.1) is 12.9 Å². The van der Waals surface area contributed by atoms with Crippen molar-refractivity contribution in [3.05, 3.63) is 12.4 Å². The molecule has 0 atom stereocenters. The Kier molecular flexibility index (Phi) is 1.04. The first-order valence-corrected chi connectivity index (χ1v) is 1.97. The minimum Gasteiger partial charge on any atom is -0.312 e. The number of hydrogen-bond acceptors (Lipinski definition) is 3. The van der Waals surface area contributed by atoms with E-state index in [1.54, 1.807) is 17.1 Å². The predicted octanol–water partition coefficient (Wildman–Crippen LogP) is -0.806. The summed E-state index contributed by atoms with van der Waals surface area (Å²) in [7, 11) is 0. The summed E-state index contributed by atoms with van der Waals surface area (Å²) in [4.78, 5) is 0. The van der Waals surface area contributed by atoms with E-state index in [0.717, 1.165) is 0 Å². The molecule has 0 aliphatic heterocycles. The average Bonchev–Trinajstić information content (AvgIpc) is 2.14. The van der Waals surface area contributed by atoms with E-state index in [9.17, 15) is 0 Å². The van der Waals surface area contributed by atoms with Crippen LogP contribution in [0.3, 0.4) is 0 Å². The lowest BCUT2D eigenvalue weighted by molar-refractivity contribution is 0.608. The SMILES string of the molecule is NCn1ccnn1. The van der Waals surface area contributed by atoms with Gasteiger partial charge >= 0.3 is 0 Å². The van der Waals surface area contributed by atoms with Gasteiger partial charge in [-0.15, -0.1) is 5.10 Å². The number of rotatable bonds is 1. The summed E-state index contributed by atoms with van der Waals surface area (Å²) in [6.07, 6.45) is 3.30. The molecule has 0 aliphatic rings. The number of aromatic nitrogens is 3. The van der Waals surface area contributed by atoms with Crippen LogP contribution in [-0.2, 0) is 6.67 Å². The highest BCUT2D eigenvalue weighted by atomic mass is 15.4. The fourth-order valence-electron chi connectivity index (χ4n) is 0.330. The highest BCUT2D eigenvalue weighted by molar-refractivity contribution is 4.61. The highest BCUT2D eigenvalue weighted by Crippen LogP contribution is 1.71. The van der Waals surface area contributed by atoms with Crippen molar-refractivity contribution >= 4 is 0 Å². The number of hydrogen-bond donors (Lipinski definition) is 1. The van der Waals surface area contributed by atoms with Crippen molar-refractivity contribution in [2.45, 2.75) is 6.67 Å². The Balaban J connectivity index is 2.76. The quantitative estimate of drug-likeness (QED) is 0.500. The van der Waals surface area contributed by atoms with Crippen molar-refractivity contribution in [1.29, 1.82) is 0 Å². The van der Waals surface area contributed by atoms with Crippen LogP contribution in [0.1, 0.15) is 0 Å². The van der Waals surface area contributed by atoms with E-state index in [0.29, 0.717) is 6.67 Å². The van der Waals surface area contributed by atoms with Crippen molar-refractivity contribution in [2.24, 2.45) is 5.73 Å². The Morgan fingerprint density at radius 1 is 1.71 bits per heavy atom. The van der Waals surface area contributed by atoms with Crippen LogP contribution in [0, 0.1) is 0 Å². The summed E-state index contributed by atoms with van der Waals surface area (Å²) in [6.45, 7) is 0.403. The molecule has 1 aromatic rings. The topological polar surface area (TPSA) is 56.7 Å². The molecule has 1 rings (SSSR count). The Morgan fingerprint density at radius 3 is 2.86 bits per heavy atom.